The number of hydrogen-bond acceptors (Lipinski definition) is 2. The Bertz CT molecular complexity index is 783. The number of aromatic nitrogens is 2. The zero-order chi connectivity index (χ0) is 15.1. The van der Waals surface area contributed by atoms with E-state index in [0.717, 1.165) is 35.6 Å². The number of fused-ring (bicyclic) bond motifs is 1. The summed E-state index contributed by atoms with van der Waals surface area (Å²) in [6, 6.07) is 14.9. The van der Waals surface area contributed by atoms with Gasteiger partial charge in [-0.3, -0.25) is 0 Å². The van der Waals surface area contributed by atoms with Crippen molar-refractivity contribution in [3.63, 3.8) is 0 Å². The average molecular weight is 293 g/mol. The summed E-state index contributed by atoms with van der Waals surface area (Å²) in [5.41, 5.74) is 4.87. The zero-order valence-electron chi connectivity index (χ0n) is 12.3. The van der Waals surface area contributed by atoms with Crippen molar-refractivity contribution in [2.45, 2.75) is 13.3 Å². The summed E-state index contributed by atoms with van der Waals surface area (Å²) >= 11 is 0. The molecule has 0 aliphatic carbocycles. The van der Waals surface area contributed by atoms with E-state index in [9.17, 15) is 4.39 Å². The third-order valence-electron chi connectivity index (χ3n) is 4.13. The molecule has 0 bridgehead atoms. The van der Waals surface area contributed by atoms with Crippen molar-refractivity contribution in [1.82, 2.24) is 9.78 Å². The van der Waals surface area contributed by atoms with Crippen LogP contribution < -0.4 is 5.32 Å². The lowest BCUT2D eigenvalue weighted by Gasteiger charge is -2.07. The first-order chi connectivity index (χ1) is 10.8. The molecule has 0 saturated heterocycles. The molecular formula is C18H16FN3. The molecular weight excluding hydrogens is 277 g/mol. The molecule has 0 saturated carbocycles. The van der Waals surface area contributed by atoms with Crippen LogP contribution in [0.3, 0.4) is 0 Å². The maximum atomic E-state index is 14.1. The smallest absolute Gasteiger partial charge is 0.148 e. The van der Waals surface area contributed by atoms with Gasteiger partial charge in [0.05, 0.1) is 5.69 Å². The first kappa shape index (κ1) is 13.1. The van der Waals surface area contributed by atoms with Crippen LogP contribution in [-0.2, 0) is 6.42 Å². The average Bonchev–Trinajstić information content (AvgIpc) is 3.11. The third-order valence-corrected chi connectivity index (χ3v) is 4.13. The predicted molar refractivity (Wildman–Crippen MR) is 85.9 cm³/mol. The second-order valence-electron chi connectivity index (χ2n) is 5.53. The molecule has 0 unspecified atom stereocenters. The Morgan fingerprint density at radius 2 is 1.86 bits per heavy atom. The molecule has 1 aliphatic rings. The van der Waals surface area contributed by atoms with Gasteiger partial charge < -0.3 is 5.32 Å². The fourth-order valence-corrected chi connectivity index (χ4v) is 3.03. The first-order valence-corrected chi connectivity index (χ1v) is 7.42. The van der Waals surface area contributed by atoms with Gasteiger partial charge in [0.2, 0.25) is 0 Å². The number of nitrogens with one attached hydrogen (secondary N) is 1. The van der Waals surface area contributed by atoms with Gasteiger partial charge in [0, 0.05) is 17.7 Å². The minimum atomic E-state index is -0.266. The van der Waals surface area contributed by atoms with E-state index < -0.39 is 0 Å². The van der Waals surface area contributed by atoms with Gasteiger partial charge in [0.1, 0.15) is 17.3 Å². The van der Waals surface area contributed by atoms with Crippen LogP contribution in [0.1, 0.15) is 11.1 Å². The quantitative estimate of drug-likeness (QED) is 0.775. The first-order valence-electron chi connectivity index (χ1n) is 7.42. The zero-order valence-corrected chi connectivity index (χ0v) is 12.3. The summed E-state index contributed by atoms with van der Waals surface area (Å²) in [6.45, 7) is 2.94. The highest BCUT2D eigenvalue weighted by molar-refractivity contribution is 5.74. The van der Waals surface area contributed by atoms with Gasteiger partial charge in [-0.15, -0.1) is 0 Å². The molecule has 4 rings (SSSR count). The molecule has 0 radical (unpaired) electrons. The van der Waals surface area contributed by atoms with Crippen molar-refractivity contribution >= 4 is 5.82 Å². The van der Waals surface area contributed by atoms with Crippen molar-refractivity contribution in [1.29, 1.82) is 0 Å². The highest BCUT2D eigenvalue weighted by atomic mass is 19.1. The molecule has 2 heterocycles. The maximum Gasteiger partial charge on any atom is 0.148 e. The molecule has 1 N–H and O–H groups in total. The molecule has 22 heavy (non-hydrogen) atoms. The second-order valence-corrected chi connectivity index (χ2v) is 5.53. The molecule has 3 aromatic rings. The summed E-state index contributed by atoms with van der Waals surface area (Å²) in [5, 5.41) is 8.05. The summed E-state index contributed by atoms with van der Waals surface area (Å²) in [6.07, 6.45) is 0.910. The lowest BCUT2D eigenvalue weighted by atomic mass is 10.0. The van der Waals surface area contributed by atoms with Gasteiger partial charge in [-0.1, -0.05) is 36.4 Å². The Labute approximate surface area is 128 Å². The number of aryl methyl sites for hydroxylation is 1. The maximum absolute atomic E-state index is 14.1. The summed E-state index contributed by atoms with van der Waals surface area (Å²) < 4.78 is 15.8. The van der Waals surface area contributed by atoms with E-state index in [0.29, 0.717) is 5.69 Å². The van der Waals surface area contributed by atoms with E-state index in [1.807, 2.05) is 18.2 Å². The van der Waals surface area contributed by atoms with E-state index in [4.69, 9.17) is 5.10 Å². The van der Waals surface area contributed by atoms with E-state index in [-0.39, 0.29) is 5.82 Å². The summed E-state index contributed by atoms with van der Waals surface area (Å²) in [5.74, 6) is 0.640. The minimum Gasteiger partial charge on any atom is -0.369 e. The monoisotopic (exact) mass is 293 g/mol. The van der Waals surface area contributed by atoms with Crippen molar-refractivity contribution in [3.8, 4) is 16.9 Å². The summed E-state index contributed by atoms with van der Waals surface area (Å²) in [7, 11) is 0. The Morgan fingerprint density at radius 3 is 2.68 bits per heavy atom. The number of para-hydroxylation sites is 1. The standard InChI is InChI=1S/C18H16FN3/c1-12-6-2-3-7-13(12)17-14-10-11-20-18(14)22(21-17)16-9-5-4-8-15(16)19/h2-9,20H,10-11H2,1H3. The number of nitrogens with zero attached hydrogens (tertiary/aromatic N) is 2. The predicted octanol–water partition coefficient (Wildman–Crippen LogP) is 3.95. The van der Waals surface area contributed by atoms with Crippen LogP contribution in [-0.4, -0.2) is 16.3 Å². The highest BCUT2D eigenvalue weighted by Gasteiger charge is 2.25. The third kappa shape index (κ3) is 1.91. The summed E-state index contributed by atoms with van der Waals surface area (Å²) in [4.78, 5) is 0. The van der Waals surface area contributed by atoms with Gasteiger partial charge in [-0.05, 0) is 31.0 Å². The fourth-order valence-electron chi connectivity index (χ4n) is 3.03. The highest BCUT2D eigenvalue weighted by Crippen LogP contribution is 2.36. The Kier molecular flexibility index (Phi) is 2.96. The van der Waals surface area contributed by atoms with Crippen LogP contribution in [0.5, 0.6) is 0 Å². The largest absolute Gasteiger partial charge is 0.369 e. The Hall–Kier alpha value is -2.62. The fraction of sp³-hybridized carbons (Fsp3) is 0.167. The molecule has 0 atom stereocenters. The van der Waals surface area contributed by atoms with Crippen LogP contribution in [0.15, 0.2) is 48.5 Å². The van der Waals surface area contributed by atoms with E-state index in [1.54, 1.807) is 16.8 Å². The topological polar surface area (TPSA) is 29.9 Å². The van der Waals surface area contributed by atoms with E-state index in [1.165, 1.54) is 11.6 Å². The van der Waals surface area contributed by atoms with Crippen LogP contribution in [0.25, 0.3) is 16.9 Å². The lowest BCUT2D eigenvalue weighted by molar-refractivity contribution is 0.612. The van der Waals surface area contributed by atoms with Gasteiger partial charge in [-0.2, -0.15) is 5.10 Å². The normalized spacial score (nSPS) is 13.0. The van der Waals surface area contributed by atoms with Crippen LogP contribution >= 0.6 is 0 Å². The van der Waals surface area contributed by atoms with Crippen LogP contribution in [0.2, 0.25) is 0 Å². The number of hydrogen-bond donors (Lipinski definition) is 1. The van der Waals surface area contributed by atoms with Crippen LogP contribution in [0.4, 0.5) is 10.2 Å². The minimum absolute atomic E-state index is 0.266. The number of halogens is 1. The molecule has 1 aliphatic heterocycles. The van der Waals surface area contributed by atoms with Gasteiger partial charge in [0.15, 0.2) is 0 Å². The molecule has 3 nitrogen and oxygen atoms in total. The van der Waals surface area contributed by atoms with E-state index in [2.05, 4.69) is 24.4 Å². The number of anilines is 1. The lowest BCUT2D eigenvalue weighted by Crippen LogP contribution is -2.06. The molecule has 4 heteroatoms. The molecule has 1 aromatic heterocycles. The van der Waals surface area contributed by atoms with E-state index >= 15 is 0 Å². The van der Waals surface area contributed by atoms with Crippen molar-refractivity contribution in [3.05, 3.63) is 65.5 Å². The second kappa shape index (κ2) is 4.98. The number of rotatable bonds is 2. The Balaban J connectivity index is 1.95. The molecule has 0 fully saturated rings. The van der Waals surface area contributed by atoms with Crippen molar-refractivity contribution in [2.24, 2.45) is 0 Å². The Morgan fingerprint density at radius 1 is 1.09 bits per heavy atom. The molecule has 0 spiro atoms. The number of benzene rings is 2. The van der Waals surface area contributed by atoms with Crippen LogP contribution in [0, 0.1) is 12.7 Å². The van der Waals surface area contributed by atoms with Crippen molar-refractivity contribution in [2.75, 3.05) is 11.9 Å². The molecule has 110 valence electrons. The van der Waals surface area contributed by atoms with Gasteiger partial charge >= 0.3 is 0 Å². The van der Waals surface area contributed by atoms with Gasteiger partial charge in [0.25, 0.3) is 0 Å². The molecule has 2 aromatic carbocycles. The SMILES string of the molecule is Cc1ccccc1-c1nn(-c2ccccc2F)c2c1CCN2. The van der Waals surface area contributed by atoms with Gasteiger partial charge in [-0.25, -0.2) is 9.07 Å². The van der Waals surface area contributed by atoms with Crippen molar-refractivity contribution < 1.29 is 4.39 Å². The molecule has 0 amide bonds.